The fraction of sp³-hybridized carbons (Fsp3) is 0.381. The predicted octanol–water partition coefficient (Wildman–Crippen LogP) is 4.55. The van der Waals surface area contributed by atoms with Crippen LogP contribution in [0.1, 0.15) is 12.0 Å². The lowest BCUT2D eigenvalue weighted by Gasteiger charge is -2.34. The van der Waals surface area contributed by atoms with Crippen molar-refractivity contribution in [3.05, 3.63) is 54.1 Å². The first-order valence-corrected chi connectivity index (χ1v) is 10.2. The molecule has 0 aliphatic carbocycles. The number of likely N-dealkylation sites (tertiary alicyclic amines) is 1. The largest absolute Gasteiger partial charge is 0.431 e. The predicted molar refractivity (Wildman–Crippen MR) is 113 cm³/mol. The summed E-state index contributed by atoms with van der Waals surface area (Å²) in [6.45, 7) is 5.88. The van der Waals surface area contributed by atoms with Crippen molar-refractivity contribution in [2.24, 2.45) is 11.8 Å². The van der Waals surface area contributed by atoms with Gasteiger partial charge in [-0.25, -0.2) is 4.98 Å². The fourth-order valence-electron chi connectivity index (χ4n) is 4.17. The van der Waals surface area contributed by atoms with E-state index in [1.807, 2.05) is 18.2 Å². The number of thiazole rings is 1. The monoisotopic (exact) mass is 401 g/mol. The molecule has 2 saturated heterocycles. The summed E-state index contributed by atoms with van der Waals surface area (Å²) in [5.41, 5.74) is 2.35. The van der Waals surface area contributed by atoms with E-state index in [4.69, 9.17) is 4.74 Å². The van der Waals surface area contributed by atoms with Crippen LogP contribution in [0.25, 0.3) is 10.2 Å². The van der Waals surface area contributed by atoms with E-state index in [-0.39, 0.29) is 12.4 Å². The van der Waals surface area contributed by atoms with Crippen molar-refractivity contribution in [1.29, 1.82) is 0 Å². The maximum atomic E-state index is 5.95. The topological polar surface area (TPSA) is 37.4 Å². The van der Waals surface area contributed by atoms with Gasteiger partial charge in [0.25, 0.3) is 5.19 Å². The highest BCUT2D eigenvalue weighted by molar-refractivity contribution is 7.20. The number of piperidine rings is 1. The SMILES string of the molecule is Cl.c1ccc2sc(Oc3ccc(CN4CCC5CNCC5C4)cc3)nc2c1. The van der Waals surface area contributed by atoms with Gasteiger partial charge < -0.3 is 10.1 Å². The van der Waals surface area contributed by atoms with Crippen molar-refractivity contribution in [1.82, 2.24) is 15.2 Å². The zero-order valence-electron chi connectivity index (χ0n) is 15.1. The minimum atomic E-state index is 0. The highest BCUT2D eigenvalue weighted by Gasteiger charge is 2.32. The Hall–Kier alpha value is -1.66. The van der Waals surface area contributed by atoms with Gasteiger partial charge in [-0.05, 0) is 67.7 Å². The summed E-state index contributed by atoms with van der Waals surface area (Å²) in [6.07, 6.45) is 1.33. The lowest BCUT2D eigenvalue weighted by atomic mass is 9.88. The molecule has 4 nitrogen and oxygen atoms in total. The Morgan fingerprint density at radius 1 is 1.07 bits per heavy atom. The third kappa shape index (κ3) is 4.11. The number of nitrogens with one attached hydrogen (secondary N) is 1. The molecule has 3 aromatic rings. The van der Waals surface area contributed by atoms with Gasteiger partial charge in [-0.15, -0.1) is 12.4 Å². The van der Waals surface area contributed by atoms with Crippen LogP contribution in [0, 0.1) is 11.8 Å². The second-order valence-corrected chi connectivity index (χ2v) is 8.39. The average Bonchev–Trinajstić information content (AvgIpc) is 3.29. The summed E-state index contributed by atoms with van der Waals surface area (Å²) in [5, 5.41) is 4.24. The first kappa shape index (κ1) is 18.7. The molecule has 0 bridgehead atoms. The second kappa shape index (κ2) is 8.15. The molecule has 2 fully saturated rings. The number of aromatic nitrogens is 1. The molecule has 6 heteroatoms. The Bertz CT molecular complexity index is 865. The molecule has 0 spiro atoms. The number of hydrogen-bond donors (Lipinski definition) is 1. The first-order chi connectivity index (χ1) is 12.8. The molecule has 1 N–H and O–H groups in total. The van der Waals surface area contributed by atoms with Gasteiger partial charge in [0.2, 0.25) is 0 Å². The highest BCUT2D eigenvalue weighted by Crippen LogP contribution is 2.31. The van der Waals surface area contributed by atoms with Crippen LogP contribution in [0.15, 0.2) is 48.5 Å². The molecule has 142 valence electrons. The minimum Gasteiger partial charge on any atom is -0.431 e. The molecule has 3 heterocycles. The van der Waals surface area contributed by atoms with Crippen molar-refractivity contribution in [3.8, 4) is 10.9 Å². The van der Waals surface area contributed by atoms with Crippen LogP contribution < -0.4 is 10.1 Å². The number of benzene rings is 2. The summed E-state index contributed by atoms with van der Waals surface area (Å²) < 4.78 is 7.11. The number of hydrogen-bond acceptors (Lipinski definition) is 5. The summed E-state index contributed by atoms with van der Waals surface area (Å²) in [5.74, 6) is 2.59. The van der Waals surface area contributed by atoms with Gasteiger partial charge in [0, 0.05) is 13.1 Å². The maximum Gasteiger partial charge on any atom is 0.279 e. The van der Waals surface area contributed by atoms with Crippen LogP contribution in [0.2, 0.25) is 0 Å². The van der Waals surface area contributed by atoms with Crippen LogP contribution in [-0.2, 0) is 6.54 Å². The highest BCUT2D eigenvalue weighted by atomic mass is 35.5. The molecule has 1 aromatic heterocycles. The Kier molecular flexibility index (Phi) is 5.64. The van der Waals surface area contributed by atoms with Crippen LogP contribution in [-0.4, -0.2) is 36.1 Å². The minimum absolute atomic E-state index is 0. The quantitative estimate of drug-likeness (QED) is 0.695. The smallest absolute Gasteiger partial charge is 0.279 e. The van der Waals surface area contributed by atoms with Crippen LogP contribution in [0.5, 0.6) is 10.9 Å². The molecular weight excluding hydrogens is 378 g/mol. The van der Waals surface area contributed by atoms with Crippen molar-refractivity contribution < 1.29 is 4.74 Å². The maximum absolute atomic E-state index is 5.95. The second-order valence-electron chi connectivity index (χ2n) is 7.40. The Morgan fingerprint density at radius 3 is 2.74 bits per heavy atom. The molecule has 2 aliphatic rings. The Balaban J connectivity index is 0.00000180. The number of fused-ring (bicyclic) bond motifs is 2. The average molecular weight is 402 g/mol. The van der Waals surface area contributed by atoms with E-state index in [2.05, 4.69) is 45.5 Å². The molecule has 2 aliphatic heterocycles. The van der Waals surface area contributed by atoms with E-state index in [0.29, 0.717) is 5.19 Å². The van der Waals surface area contributed by atoms with Gasteiger partial charge in [0.1, 0.15) is 5.75 Å². The van der Waals surface area contributed by atoms with Crippen molar-refractivity contribution in [2.45, 2.75) is 13.0 Å². The molecule has 2 atom stereocenters. The summed E-state index contributed by atoms with van der Waals surface area (Å²) in [4.78, 5) is 7.13. The summed E-state index contributed by atoms with van der Waals surface area (Å²) >= 11 is 1.59. The zero-order chi connectivity index (χ0) is 17.3. The van der Waals surface area contributed by atoms with Crippen LogP contribution in [0.3, 0.4) is 0 Å². The molecule has 27 heavy (non-hydrogen) atoms. The number of nitrogens with zero attached hydrogens (tertiary/aromatic N) is 2. The van der Waals surface area contributed by atoms with E-state index in [9.17, 15) is 0 Å². The van der Waals surface area contributed by atoms with E-state index >= 15 is 0 Å². The molecule has 0 radical (unpaired) electrons. The molecule has 0 amide bonds. The molecule has 2 aromatic carbocycles. The van der Waals surface area contributed by atoms with Gasteiger partial charge in [-0.2, -0.15) is 0 Å². The first-order valence-electron chi connectivity index (χ1n) is 9.39. The third-order valence-corrected chi connectivity index (χ3v) is 6.51. The normalized spacial score (nSPS) is 22.4. The van der Waals surface area contributed by atoms with E-state index < -0.39 is 0 Å². The van der Waals surface area contributed by atoms with Gasteiger partial charge in [-0.1, -0.05) is 35.6 Å². The van der Waals surface area contributed by atoms with Crippen molar-refractivity contribution >= 4 is 34.0 Å². The van der Waals surface area contributed by atoms with Crippen LogP contribution in [0.4, 0.5) is 0 Å². The van der Waals surface area contributed by atoms with Gasteiger partial charge >= 0.3 is 0 Å². The van der Waals surface area contributed by atoms with Gasteiger partial charge in [0.15, 0.2) is 0 Å². The Labute approximate surface area is 170 Å². The fourth-order valence-corrected chi connectivity index (χ4v) is 5.01. The van der Waals surface area contributed by atoms with E-state index in [1.54, 1.807) is 11.3 Å². The van der Waals surface area contributed by atoms with E-state index in [0.717, 1.165) is 34.3 Å². The van der Waals surface area contributed by atoms with E-state index in [1.165, 1.54) is 38.2 Å². The Morgan fingerprint density at radius 2 is 1.89 bits per heavy atom. The number of para-hydroxylation sites is 1. The van der Waals surface area contributed by atoms with Gasteiger partial charge in [-0.3, -0.25) is 4.90 Å². The lowest BCUT2D eigenvalue weighted by molar-refractivity contribution is 0.142. The number of rotatable bonds is 4. The van der Waals surface area contributed by atoms with Crippen molar-refractivity contribution in [3.63, 3.8) is 0 Å². The lowest BCUT2D eigenvalue weighted by Crippen LogP contribution is -2.39. The van der Waals surface area contributed by atoms with Crippen LogP contribution >= 0.6 is 23.7 Å². The zero-order valence-corrected chi connectivity index (χ0v) is 16.8. The molecule has 5 rings (SSSR count). The molecule has 0 saturated carbocycles. The van der Waals surface area contributed by atoms with Crippen molar-refractivity contribution in [2.75, 3.05) is 26.2 Å². The summed E-state index contributed by atoms with van der Waals surface area (Å²) in [6, 6.07) is 16.6. The molecule has 2 unspecified atom stereocenters. The number of halogens is 1. The molecular formula is C21H24ClN3OS. The number of ether oxygens (including phenoxy) is 1. The third-order valence-electron chi connectivity index (χ3n) is 5.60. The van der Waals surface area contributed by atoms with Gasteiger partial charge in [0.05, 0.1) is 10.2 Å². The summed E-state index contributed by atoms with van der Waals surface area (Å²) in [7, 11) is 0. The standard InChI is InChI=1S/C21H23N3OS.ClH/c1-2-4-20-19(3-1)23-21(26-20)25-18-7-5-15(6-8-18)13-24-10-9-16-11-22-12-17(16)14-24;/h1-8,16-17,22H,9-14H2;1H.